The zero-order chi connectivity index (χ0) is 18.2. The summed E-state index contributed by atoms with van der Waals surface area (Å²) < 4.78 is 31.4. The molecular formula is C17H16F2N2O3S. The van der Waals surface area contributed by atoms with Gasteiger partial charge in [0.1, 0.15) is 5.82 Å². The molecule has 0 aliphatic heterocycles. The molecule has 1 atom stereocenters. The minimum atomic E-state index is -0.998. The summed E-state index contributed by atoms with van der Waals surface area (Å²) in [5.74, 6) is -2.02. The van der Waals surface area contributed by atoms with E-state index in [1.807, 2.05) is 0 Å². The first-order valence-corrected chi connectivity index (χ1v) is 8.32. The monoisotopic (exact) mass is 366 g/mol. The predicted molar refractivity (Wildman–Crippen MR) is 89.9 cm³/mol. The molecule has 25 heavy (non-hydrogen) atoms. The van der Waals surface area contributed by atoms with Gasteiger partial charge < -0.3 is 4.74 Å². The van der Waals surface area contributed by atoms with Gasteiger partial charge in [-0.3, -0.25) is 20.4 Å². The molecule has 132 valence electrons. The number of hydrazine groups is 1. The Labute approximate surface area is 147 Å². The van der Waals surface area contributed by atoms with Crippen LogP contribution in [0.3, 0.4) is 0 Å². The van der Waals surface area contributed by atoms with E-state index >= 15 is 0 Å². The Balaban J connectivity index is 1.74. The molecule has 0 bridgehead atoms. The Morgan fingerprint density at radius 3 is 2.44 bits per heavy atom. The summed E-state index contributed by atoms with van der Waals surface area (Å²) >= 11 is 1.19. The van der Waals surface area contributed by atoms with Gasteiger partial charge in [-0.2, -0.15) is 0 Å². The van der Waals surface area contributed by atoms with Crippen LogP contribution in [-0.2, 0) is 9.59 Å². The molecule has 0 spiro atoms. The highest BCUT2D eigenvalue weighted by Gasteiger charge is 2.17. The fourth-order valence-electron chi connectivity index (χ4n) is 1.73. The Morgan fingerprint density at radius 1 is 1.08 bits per heavy atom. The van der Waals surface area contributed by atoms with Crippen molar-refractivity contribution in [1.82, 2.24) is 10.9 Å². The van der Waals surface area contributed by atoms with Crippen LogP contribution in [-0.4, -0.2) is 23.7 Å². The summed E-state index contributed by atoms with van der Waals surface area (Å²) in [6.07, 6.45) is -0.998. The predicted octanol–water partition coefficient (Wildman–Crippen LogP) is 2.67. The van der Waals surface area contributed by atoms with Crippen molar-refractivity contribution >= 4 is 23.6 Å². The molecule has 8 heteroatoms. The zero-order valence-electron chi connectivity index (χ0n) is 13.3. The molecule has 0 radical (unpaired) electrons. The number of carbonyl (C=O) groups is 2. The van der Waals surface area contributed by atoms with E-state index in [1.165, 1.54) is 49.0 Å². The highest BCUT2D eigenvalue weighted by atomic mass is 32.2. The normalized spacial score (nSPS) is 11.5. The molecule has 0 saturated heterocycles. The lowest BCUT2D eigenvalue weighted by atomic mass is 10.3. The van der Waals surface area contributed by atoms with Gasteiger partial charge in [0.2, 0.25) is 5.91 Å². The van der Waals surface area contributed by atoms with Crippen molar-refractivity contribution in [2.45, 2.75) is 17.9 Å². The molecular weight excluding hydrogens is 350 g/mol. The molecule has 2 rings (SSSR count). The minimum Gasteiger partial charge on any atom is -0.478 e. The van der Waals surface area contributed by atoms with Crippen molar-refractivity contribution in [3.63, 3.8) is 0 Å². The molecule has 5 nitrogen and oxygen atoms in total. The van der Waals surface area contributed by atoms with Crippen LogP contribution in [0.1, 0.15) is 6.92 Å². The average molecular weight is 366 g/mol. The van der Waals surface area contributed by atoms with Crippen LogP contribution in [0.15, 0.2) is 53.4 Å². The Hall–Kier alpha value is -2.61. The quantitative estimate of drug-likeness (QED) is 0.609. The smallest absolute Gasteiger partial charge is 0.279 e. The maximum absolute atomic E-state index is 13.5. The van der Waals surface area contributed by atoms with Crippen LogP contribution in [0.25, 0.3) is 0 Å². The van der Waals surface area contributed by atoms with Gasteiger partial charge in [0, 0.05) is 4.90 Å². The minimum absolute atomic E-state index is 0.0362. The van der Waals surface area contributed by atoms with Gasteiger partial charge in [0.25, 0.3) is 5.91 Å². The van der Waals surface area contributed by atoms with Crippen LogP contribution < -0.4 is 15.6 Å². The summed E-state index contributed by atoms with van der Waals surface area (Å²) in [5, 5.41) is 0. The average Bonchev–Trinajstić information content (AvgIpc) is 2.61. The highest BCUT2D eigenvalue weighted by Crippen LogP contribution is 2.18. The Morgan fingerprint density at radius 2 is 1.76 bits per heavy atom. The fourth-order valence-corrected chi connectivity index (χ4v) is 2.43. The molecule has 0 aliphatic carbocycles. The number of hydrogen-bond donors (Lipinski definition) is 2. The molecule has 0 aromatic heterocycles. The van der Waals surface area contributed by atoms with E-state index in [-0.39, 0.29) is 17.3 Å². The molecule has 2 aromatic carbocycles. The first-order chi connectivity index (χ1) is 12.0. The lowest BCUT2D eigenvalue weighted by Crippen LogP contribution is -2.47. The lowest BCUT2D eigenvalue weighted by Gasteiger charge is -2.15. The number of amides is 2. The molecule has 0 saturated carbocycles. The van der Waals surface area contributed by atoms with Crippen LogP contribution in [0.4, 0.5) is 8.78 Å². The second-order valence-corrected chi connectivity index (χ2v) is 6.02. The molecule has 2 aromatic rings. The van der Waals surface area contributed by atoms with Gasteiger partial charge in [0.15, 0.2) is 17.7 Å². The molecule has 2 amide bonds. The largest absolute Gasteiger partial charge is 0.478 e. The van der Waals surface area contributed by atoms with Crippen LogP contribution in [0.2, 0.25) is 0 Å². The van der Waals surface area contributed by atoms with Crippen molar-refractivity contribution in [2.75, 3.05) is 5.75 Å². The van der Waals surface area contributed by atoms with Crippen LogP contribution in [0.5, 0.6) is 5.75 Å². The molecule has 0 fully saturated rings. The first kappa shape index (κ1) is 18.7. The third-order valence-electron chi connectivity index (χ3n) is 3.02. The first-order valence-electron chi connectivity index (χ1n) is 7.34. The number of ether oxygens (including phenoxy) is 1. The number of thioether (sulfide) groups is 1. The highest BCUT2D eigenvalue weighted by molar-refractivity contribution is 8.00. The fraction of sp³-hybridized carbons (Fsp3) is 0.176. The number of carbonyl (C=O) groups excluding carboxylic acids is 2. The van der Waals surface area contributed by atoms with Crippen LogP contribution in [0, 0.1) is 11.6 Å². The SMILES string of the molecule is C[C@@H](Oc1ccccc1F)C(=O)NNC(=O)CSc1ccc(F)cc1. The number of rotatable bonds is 6. The topological polar surface area (TPSA) is 67.4 Å². The number of benzene rings is 2. The summed E-state index contributed by atoms with van der Waals surface area (Å²) in [7, 11) is 0. The third kappa shape index (κ3) is 6.07. The van der Waals surface area contributed by atoms with E-state index in [2.05, 4.69) is 10.9 Å². The number of halogens is 2. The van der Waals surface area contributed by atoms with E-state index in [1.54, 1.807) is 18.2 Å². The summed E-state index contributed by atoms with van der Waals surface area (Å²) in [5.41, 5.74) is 4.45. The third-order valence-corrected chi connectivity index (χ3v) is 4.03. The lowest BCUT2D eigenvalue weighted by molar-refractivity contribution is -0.132. The van der Waals surface area contributed by atoms with Gasteiger partial charge in [-0.15, -0.1) is 11.8 Å². The van der Waals surface area contributed by atoms with Crippen molar-refractivity contribution < 1.29 is 23.1 Å². The second-order valence-electron chi connectivity index (χ2n) is 4.97. The van der Waals surface area contributed by atoms with Crippen molar-refractivity contribution in [2.24, 2.45) is 0 Å². The van der Waals surface area contributed by atoms with Gasteiger partial charge in [-0.05, 0) is 43.3 Å². The van der Waals surface area contributed by atoms with E-state index < -0.39 is 23.7 Å². The van der Waals surface area contributed by atoms with Gasteiger partial charge in [-0.25, -0.2) is 8.78 Å². The van der Waals surface area contributed by atoms with Gasteiger partial charge in [0.05, 0.1) is 5.75 Å². The van der Waals surface area contributed by atoms with Gasteiger partial charge in [-0.1, -0.05) is 12.1 Å². The second kappa shape index (κ2) is 9.03. The van der Waals surface area contributed by atoms with Gasteiger partial charge >= 0.3 is 0 Å². The van der Waals surface area contributed by atoms with Crippen molar-refractivity contribution in [3.05, 3.63) is 60.2 Å². The van der Waals surface area contributed by atoms with E-state index in [9.17, 15) is 18.4 Å². The van der Waals surface area contributed by atoms with E-state index in [4.69, 9.17) is 4.74 Å². The molecule has 0 unspecified atom stereocenters. The summed E-state index contributed by atoms with van der Waals surface area (Å²) in [6.45, 7) is 1.43. The molecule has 2 N–H and O–H groups in total. The molecule has 0 aliphatic rings. The van der Waals surface area contributed by atoms with Crippen molar-refractivity contribution in [1.29, 1.82) is 0 Å². The van der Waals surface area contributed by atoms with Crippen molar-refractivity contribution in [3.8, 4) is 5.75 Å². The Bertz CT molecular complexity index is 741. The van der Waals surface area contributed by atoms with E-state index in [0.29, 0.717) is 0 Å². The number of nitrogens with one attached hydrogen (secondary N) is 2. The maximum atomic E-state index is 13.5. The number of hydrogen-bond acceptors (Lipinski definition) is 4. The Kier molecular flexibility index (Phi) is 6.76. The van der Waals surface area contributed by atoms with E-state index in [0.717, 1.165) is 4.90 Å². The molecule has 0 heterocycles. The maximum Gasteiger partial charge on any atom is 0.279 e. The summed E-state index contributed by atoms with van der Waals surface area (Å²) in [4.78, 5) is 24.3. The standard InChI is InChI=1S/C17H16F2N2O3S/c1-11(24-15-5-3-2-4-14(15)19)17(23)21-20-16(22)10-25-13-8-6-12(18)7-9-13/h2-9,11H,10H2,1H3,(H,20,22)(H,21,23)/t11-/m1/s1. The van der Waals surface area contributed by atoms with Crippen LogP contribution >= 0.6 is 11.8 Å². The summed E-state index contributed by atoms with van der Waals surface area (Å²) in [6, 6.07) is 11.4. The zero-order valence-corrected chi connectivity index (χ0v) is 14.1. The number of para-hydroxylation sites is 1.